The fraction of sp³-hybridized carbons (Fsp3) is 0.458. The third kappa shape index (κ3) is 3.54. The Hall–Kier alpha value is -3.25. The molecule has 1 amide bonds. The first-order valence-electron chi connectivity index (χ1n) is 11.3. The predicted molar refractivity (Wildman–Crippen MR) is 123 cm³/mol. The molecule has 1 aromatic carbocycles. The summed E-state index contributed by atoms with van der Waals surface area (Å²) in [6.07, 6.45) is 0.270. The molecule has 3 aliphatic rings. The summed E-state index contributed by atoms with van der Waals surface area (Å²) in [6, 6.07) is 1.95. The van der Waals surface area contributed by atoms with Crippen LogP contribution in [-0.4, -0.2) is 75.1 Å². The van der Waals surface area contributed by atoms with Crippen LogP contribution >= 0.6 is 0 Å². The minimum Gasteiger partial charge on any atom is -0.508 e. The average Bonchev–Trinajstić information content (AvgIpc) is 2.77. The number of fused-ring (bicyclic) bond motifs is 3. The van der Waals surface area contributed by atoms with Crippen LogP contribution in [0, 0.1) is 11.8 Å². The molecule has 188 valence electrons. The highest BCUT2D eigenvalue weighted by molar-refractivity contribution is 6.24. The normalized spacial score (nSPS) is 28.2. The highest BCUT2D eigenvalue weighted by atomic mass is 16.6. The maximum absolute atomic E-state index is 13.7. The molecule has 1 unspecified atom stereocenters. The summed E-state index contributed by atoms with van der Waals surface area (Å²) in [4.78, 5) is 45.5. The summed E-state index contributed by atoms with van der Waals surface area (Å²) in [5, 5.41) is 44.1. The Morgan fingerprint density at radius 1 is 1.26 bits per heavy atom. The van der Waals surface area contributed by atoms with Crippen LogP contribution in [0.4, 0.5) is 0 Å². The molecule has 0 radical (unpaired) electrons. The molecule has 3 aliphatic carbocycles. The van der Waals surface area contributed by atoms with Crippen LogP contribution in [0.1, 0.15) is 30.0 Å². The van der Waals surface area contributed by atoms with Crippen LogP contribution in [0.2, 0.25) is 0 Å². The summed E-state index contributed by atoms with van der Waals surface area (Å²) in [5.41, 5.74) is 5.84. The molecule has 11 nitrogen and oxygen atoms in total. The maximum Gasteiger partial charge on any atom is 0.255 e. The zero-order valence-electron chi connectivity index (χ0n) is 19.7. The third-order valence-electron chi connectivity index (χ3n) is 7.21. The Labute approximate surface area is 201 Å². The van der Waals surface area contributed by atoms with Crippen molar-refractivity contribution >= 4 is 23.2 Å². The molecular formula is C24H29N3O8. The number of hydrogen-bond acceptors (Lipinski definition) is 10. The highest BCUT2D eigenvalue weighted by Gasteiger charge is 2.64. The van der Waals surface area contributed by atoms with E-state index < -0.39 is 58.0 Å². The van der Waals surface area contributed by atoms with E-state index in [9.17, 15) is 34.8 Å². The largest absolute Gasteiger partial charge is 0.508 e. The maximum atomic E-state index is 13.7. The van der Waals surface area contributed by atoms with E-state index in [2.05, 4.69) is 5.48 Å². The van der Waals surface area contributed by atoms with Gasteiger partial charge in [0, 0.05) is 18.0 Å². The number of hydroxylamine groups is 1. The molecule has 0 saturated heterocycles. The van der Waals surface area contributed by atoms with Crippen LogP contribution in [0.25, 0.3) is 5.76 Å². The molecule has 7 N–H and O–H groups in total. The lowest BCUT2D eigenvalue weighted by Crippen LogP contribution is -2.65. The minimum absolute atomic E-state index is 0.0414. The van der Waals surface area contributed by atoms with Gasteiger partial charge in [0.2, 0.25) is 5.78 Å². The smallest absolute Gasteiger partial charge is 0.255 e. The number of nitrogens with two attached hydrogens (primary N) is 1. The summed E-state index contributed by atoms with van der Waals surface area (Å²) in [7, 11) is 3.12. The van der Waals surface area contributed by atoms with Crippen molar-refractivity contribution in [3.05, 3.63) is 45.7 Å². The number of aliphatic hydroxyl groups excluding tert-OH is 2. The summed E-state index contributed by atoms with van der Waals surface area (Å²) in [5.74, 6) is -6.69. The van der Waals surface area contributed by atoms with Crippen LogP contribution in [0.5, 0.6) is 5.75 Å². The lowest BCUT2D eigenvalue weighted by atomic mass is 9.57. The molecule has 1 fully saturated rings. The Bertz CT molecular complexity index is 1190. The van der Waals surface area contributed by atoms with E-state index in [-0.39, 0.29) is 36.3 Å². The zero-order valence-corrected chi connectivity index (χ0v) is 19.7. The van der Waals surface area contributed by atoms with Crippen molar-refractivity contribution in [3.63, 3.8) is 0 Å². The number of aliphatic hydroxyl groups is 3. The van der Waals surface area contributed by atoms with Crippen molar-refractivity contribution in [2.45, 2.75) is 38.0 Å². The van der Waals surface area contributed by atoms with Crippen molar-refractivity contribution in [3.8, 4) is 5.75 Å². The second-order valence-corrected chi connectivity index (χ2v) is 9.31. The van der Waals surface area contributed by atoms with Crippen molar-refractivity contribution in [1.82, 2.24) is 10.4 Å². The first-order valence-corrected chi connectivity index (χ1v) is 11.3. The molecule has 4 atom stereocenters. The van der Waals surface area contributed by atoms with E-state index in [1.165, 1.54) is 11.0 Å². The number of ketones is 2. The van der Waals surface area contributed by atoms with Gasteiger partial charge in [0.25, 0.3) is 5.91 Å². The van der Waals surface area contributed by atoms with E-state index >= 15 is 0 Å². The van der Waals surface area contributed by atoms with E-state index in [1.54, 1.807) is 20.2 Å². The molecule has 1 saturated carbocycles. The Balaban J connectivity index is 1.91. The minimum atomic E-state index is -2.64. The van der Waals surface area contributed by atoms with Gasteiger partial charge in [-0.2, -0.15) is 5.48 Å². The first-order chi connectivity index (χ1) is 16.5. The van der Waals surface area contributed by atoms with E-state index in [1.807, 2.05) is 6.92 Å². The van der Waals surface area contributed by atoms with Gasteiger partial charge in [-0.25, -0.2) is 0 Å². The summed E-state index contributed by atoms with van der Waals surface area (Å²) >= 11 is 0. The number of benzene rings is 1. The van der Waals surface area contributed by atoms with Crippen molar-refractivity contribution < 1.29 is 39.6 Å². The second-order valence-electron chi connectivity index (χ2n) is 9.31. The van der Waals surface area contributed by atoms with Gasteiger partial charge in [0.05, 0.1) is 18.2 Å². The molecule has 1 aromatic rings. The number of primary amides is 1. The molecular weight excluding hydrogens is 458 g/mol. The molecule has 0 aliphatic heterocycles. The first kappa shape index (κ1) is 24.9. The number of carbonyl (C=O) groups excluding carboxylic acids is 3. The van der Waals surface area contributed by atoms with Gasteiger partial charge in [-0.3, -0.25) is 19.3 Å². The number of nitrogens with zero attached hydrogens (tertiary/aromatic N) is 1. The quantitative estimate of drug-likeness (QED) is 0.181. The second kappa shape index (κ2) is 8.76. The van der Waals surface area contributed by atoms with Crippen molar-refractivity contribution in [2.24, 2.45) is 17.6 Å². The predicted octanol–water partition coefficient (Wildman–Crippen LogP) is 0.00510. The van der Waals surface area contributed by atoms with E-state index in [4.69, 9.17) is 10.6 Å². The van der Waals surface area contributed by atoms with Gasteiger partial charge in [0.1, 0.15) is 22.8 Å². The zero-order chi connectivity index (χ0) is 25.8. The third-order valence-corrected chi connectivity index (χ3v) is 7.21. The number of Topliss-reactive ketones (excluding diaryl/α,β-unsaturated/α-hetero) is 2. The summed E-state index contributed by atoms with van der Waals surface area (Å²) in [6.45, 7) is 2.52. The molecule has 0 spiro atoms. The summed E-state index contributed by atoms with van der Waals surface area (Å²) < 4.78 is 0. The Morgan fingerprint density at radius 3 is 2.54 bits per heavy atom. The standard InChI is InChI=1S/C24H29N3O8/c1-4-35-26-9-10-5-6-14(28)16-12(10)7-11-8-13-18(27(2)3)20(30)17(23(25)33)22(32)24(13,34)21(31)15(11)19(16)29/h5-6,11,13,18,26,28-29,32,34H,4,7-9H2,1-3H3,(H2,25,33)/t11-,13-,18-,24?/m0/s1. The monoisotopic (exact) mass is 487 g/mol. The van der Waals surface area contributed by atoms with Crippen LogP contribution in [-0.2, 0) is 32.2 Å². The molecule has 0 bridgehead atoms. The van der Waals surface area contributed by atoms with E-state index in [0.29, 0.717) is 12.2 Å². The van der Waals surface area contributed by atoms with Gasteiger partial charge in [-0.15, -0.1) is 0 Å². The number of aromatic hydroxyl groups is 1. The Kier molecular flexibility index (Phi) is 6.22. The lowest BCUT2D eigenvalue weighted by Gasteiger charge is -2.50. The van der Waals surface area contributed by atoms with Crippen LogP contribution < -0.4 is 11.2 Å². The molecule has 11 heteroatoms. The molecule has 0 heterocycles. The number of phenolic OH excluding ortho intramolecular Hbond substituents is 1. The SMILES string of the molecule is CCONCc1ccc(O)c2c1C[C@H]1C[C@H]3[C@H](N(C)C)C(=O)C(C(N)=O)=C(O)C3(O)C(=O)C1=C2O. The van der Waals surface area contributed by atoms with Gasteiger partial charge >= 0.3 is 0 Å². The Morgan fingerprint density at radius 2 is 1.94 bits per heavy atom. The van der Waals surface area contributed by atoms with Gasteiger partial charge in [-0.05, 0) is 57.0 Å². The van der Waals surface area contributed by atoms with Gasteiger partial charge in [0.15, 0.2) is 11.4 Å². The van der Waals surface area contributed by atoms with Crippen LogP contribution in [0.15, 0.2) is 29.0 Å². The number of phenols is 1. The molecule has 4 rings (SSSR count). The molecule has 0 aromatic heterocycles. The van der Waals surface area contributed by atoms with Crippen molar-refractivity contribution in [1.29, 1.82) is 0 Å². The average molecular weight is 488 g/mol. The van der Waals surface area contributed by atoms with Gasteiger partial charge in [-0.1, -0.05) is 6.07 Å². The van der Waals surface area contributed by atoms with Crippen molar-refractivity contribution in [2.75, 3.05) is 20.7 Å². The number of hydrogen-bond donors (Lipinski definition) is 6. The number of likely N-dealkylation sites (N-methyl/N-ethyl adjacent to an activating group) is 1. The number of carbonyl (C=O) groups is 3. The van der Waals surface area contributed by atoms with Gasteiger partial charge < -0.3 is 31.0 Å². The fourth-order valence-corrected chi connectivity index (χ4v) is 5.70. The topological polar surface area (TPSA) is 183 Å². The number of rotatable bonds is 6. The fourth-order valence-electron chi connectivity index (χ4n) is 5.70. The highest BCUT2D eigenvalue weighted by Crippen LogP contribution is 2.52. The van der Waals surface area contributed by atoms with E-state index in [0.717, 1.165) is 5.56 Å². The number of amides is 1. The number of nitrogens with one attached hydrogen (secondary N) is 1. The van der Waals surface area contributed by atoms with Crippen LogP contribution in [0.3, 0.4) is 0 Å². The molecule has 35 heavy (non-hydrogen) atoms. The lowest BCUT2D eigenvalue weighted by molar-refractivity contribution is -0.153.